The minimum atomic E-state index is -3.02. The summed E-state index contributed by atoms with van der Waals surface area (Å²) in [5, 5.41) is 3.61. The molecule has 2 aromatic rings. The Bertz CT molecular complexity index is 1520. The number of fused-ring (bicyclic) bond motifs is 3. The topological polar surface area (TPSA) is 0 Å². The number of allylic oxidation sites excluding steroid dienone is 2. The molecule has 0 aromatic heterocycles. The van der Waals surface area contributed by atoms with Gasteiger partial charge in [-0.1, -0.05) is 0 Å². The SMILES string of the molecule is CC1=C(C)[CH2][Ge]2([c]3c(C([Si](C)(C)C)[Si](C)(C)C)cc(C([Si](C)(C)C)[Si](C)(C)C)cc3C([Si](C)(C)C)[Si](C)(C)C)[CH]=Cc3ccccc3[CH]2C1. The van der Waals surface area contributed by atoms with E-state index in [4.69, 9.17) is 0 Å². The maximum atomic E-state index is 2.98. The first kappa shape index (κ1) is 41.5. The van der Waals surface area contributed by atoms with Gasteiger partial charge < -0.3 is 0 Å². The van der Waals surface area contributed by atoms with Crippen molar-refractivity contribution in [2.24, 2.45) is 0 Å². The molecule has 0 radical (unpaired) electrons. The van der Waals surface area contributed by atoms with E-state index in [0.29, 0.717) is 4.75 Å². The molecule has 0 amide bonds. The summed E-state index contributed by atoms with van der Waals surface area (Å²) < 4.78 is 2.69. The van der Waals surface area contributed by atoms with Crippen molar-refractivity contribution in [3.8, 4) is 0 Å². The summed E-state index contributed by atoms with van der Waals surface area (Å²) in [6.45, 7) is 54.0. The van der Waals surface area contributed by atoms with Crippen LogP contribution in [0.2, 0.25) is 123 Å². The molecule has 0 N–H and O–H groups in total. The van der Waals surface area contributed by atoms with E-state index in [1.165, 1.54) is 17.2 Å². The quantitative estimate of drug-likeness (QED) is 0.165. The standard InChI is InChI=1S/C42H76GeSi6/c1-31-27-38-35-24-22-21-23-33(35)25-26-43(38,30-32(31)2)39-36(41(46(9,10)11)47(12,13)14)28-34(40(44(3,4)5)45(6,7)8)29-37(39)42(48(15,16)17)49(18,19)20/h21-26,28-29,38,40-42H,27,30H2,1-20H3. The number of hydrogen-bond donors (Lipinski definition) is 0. The van der Waals surface area contributed by atoms with Gasteiger partial charge in [-0.3, -0.25) is 0 Å². The van der Waals surface area contributed by atoms with E-state index in [1.807, 2.05) is 15.5 Å². The van der Waals surface area contributed by atoms with Crippen molar-refractivity contribution in [1.82, 2.24) is 0 Å². The molecular formula is C42H76GeSi6. The Hall–Kier alpha value is -0.236. The summed E-state index contributed by atoms with van der Waals surface area (Å²) in [7, 11) is -9.51. The molecule has 2 heterocycles. The third-order valence-corrected chi connectivity index (χ3v) is 50.9. The van der Waals surface area contributed by atoms with Gasteiger partial charge in [0.25, 0.3) is 0 Å². The molecule has 0 fully saturated rings. The van der Waals surface area contributed by atoms with Crippen LogP contribution >= 0.6 is 0 Å². The van der Waals surface area contributed by atoms with Gasteiger partial charge in [0.1, 0.15) is 0 Å². The molecule has 0 saturated heterocycles. The van der Waals surface area contributed by atoms with E-state index in [1.54, 1.807) is 22.3 Å². The van der Waals surface area contributed by atoms with Crippen molar-refractivity contribution in [1.29, 1.82) is 0 Å². The van der Waals surface area contributed by atoms with Gasteiger partial charge >= 0.3 is 316 Å². The number of hydrogen-bond acceptors (Lipinski definition) is 0. The minimum absolute atomic E-state index is 0.672. The molecule has 2 aliphatic rings. The average molecular weight is 822 g/mol. The van der Waals surface area contributed by atoms with Crippen LogP contribution in [0, 0.1) is 0 Å². The molecule has 49 heavy (non-hydrogen) atoms. The first-order valence-electron chi connectivity index (χ1n) is 19.5. The van der Waals surface area contributed by atoms with E-state index in [9.17, 15) is 0 Å². The Morgan fingerprint density at radius 2 is 0.959 bits per heavy atom. The predicted molar refractivity (Wildman–Crippen MR) is 246 cm³/mol. The van der Waals surface area contributed by atoms with Crippen LogP contribution in [0.4, 0.5) is 0 Å². The van der Waals surface area contributed by atoms with Crippen molar-refractivity contribution in [3.05, 3.63) is 80.3 Å². The van der Waals surface area contributed by atoms with E-state index in [2.05, 4.69) is 179 Å². The van der Waals surface area contributed by atoms with E-state index < -0.39 is 61.7 Å². The zero-order valence-electron chi connectivity index (χ0n) is 35.8. The van der Waals surface area contributed by atoms with Gasteiger partial charge in [0.2, 0.25) is 0 Å². The van der Waals surface area contributed by atoms with Gasteiger partial charge in [-0.25, -0.2) is 0 Å². The fourth-order valence-electron chi connectivity index (χ4n) is 12.1. The monoisotopic (exact) mass is 822 g/mol. The second-order valence-corrected chi connectivity index (χ2v) is 65.0. The van der Waals surface area contributed by atoms with Crippen LogP contribution in [0.1, 0.15) is 68.3 Å². The van der Waals surface area contributed by atoms with Gasteiger partial charge in [0.15, 0.2) is 0 Å². The summed E-state index contributed by atoms with van der Waals surface area (Å²) in [5.74, 6) is 0. The molecule has 0 spiro atoms. The van der Waals surface area contributed by atoms with Gasteiger partial charge in [-0.2, -0.15) is 0 Å². The Kier molecular flexibility index (Phi) is 11.5. The molecule has 272 valence electrons. The van der Waals surface area contributed by atoms with Crippen molar-refractivity contribution in [3.63, 3.8) is 0 Å². The maximum absolute atomic E-state index is 3.02. The number of benzene rings is 2. The summed E-state index contributed by atoms with van der Waals surface area (Å²) in [6.07, 6.45) is 3.90. The van der Waals surface area contributed by atoms with Crippen LogP contribution in [-0.4, -0.2) is 61.7 Å². The van der Waals surface area contributed by atoms with Crippen molar-refractivity contribution < 1.29 is 0 Å². The van der Waals surface area contributed by atoms with Crippen molar-refractivity contribution in [2.45, 2.75) is 164 Å². The van der Waals surface area contributed by atoms with Crippen LogP contribution in [0.5, 0.6) is 0 Å². The van der Waals surface area contributed by atoms with Crippen LogP contribution in [0.15, 0.2) is 52.5 Å². The molecule has 2 unspecified atom stereocenters. The second kappa shape index (κ2) is 13.6. The van der Waals surface area contributed by atoms with Crippen molar-refractivity contribution >= 4 is 72.2 Å². The Morgan fingerprint density at radius 3 is 1.37 bits per heavy atom. The van der Waals surface area contributed by atoms with Gasteiger partial charge in [0.05, 0.1) is 0 Å². The Labute approximate surface area is 313 Å². The fourth-order valence-corrected chi connectivity index (χ4v) is 64.0. The van der Waals surface area contributed by atoms with Crippen LogP contribution < -0.4 is 4.40 Å². The summed E-state index contributed by atoms with van der Waals surface area (Å²) in [4.78, 5) is 2.97. The predicted octanol–water partition coefficient (Wildman–Crippen LogP) is 13.5. The molecule has 0 aliphatic carbocycles. The molecule has 4 rings (SSSR count). The molecule has 0 saturated carbocycles. The first-order chi connectivity index (χ1) is 21.9. The second-order valence-electron chi connectivity index (χ2n) is 23.1. The zero-order chi connectivity index (χ0) is 37.5. The van der Waals surface area contributed by atoms with E-state index in [0.717, 1.165) is 15.5 Å². The normalized spacial score (nSPS) is 21.2. The number of rotatable bonds is 10. The zero-order valence-corrected chi connectivity index (χ0v) is 43.9. The first-order valence-corrected chi connectivity index (χ1v) is 46.0. The molecule has 7 heteroatoms. The average Bonchev–Trinajstić information content (AvgIpc) is 2.84. The molecule has 2 aromatic carbocycles. The van der Waals surface area contributed by atoms with Crippen molar-refractivity contribution in [2.75, 3.05) is 0 Å². The summed E-state index contributed by atoms with van der Waals surface area (Å²) in [5.41, 5.74) is 12.2. The van der Waals surface area contributed by atoms with Crippen LogP contribution in [0.25, 0.3) is 6.08 Å². The van der Waals surface area contributed by atoms with E-state index in [-0.39, 0.29) is 0 Å². The van der Waals surface area contributed by atoms with Gasteiger partial charge in [0, 0.05) is 0 Å². The Balaban J connectivity index is 2.39. The molecule has 2 aliphatic heterocycles. The van der Waals surface area contributed by atoms with Crippen LogP contribution in [0.3, 0.4) is 0 Å². The third-order valence-electron chi connectivity index (χ3n) is 12.2. The van der Waals surface area contributed by atoms with Crippen LogP contribution in [-0.2, 0) is 0 Å². The summed E-state index contributed by atoms with van der Waals surface area (Å²) in [6, 6.07) is 15.5. The fraction of sp³-hybridized carbons (Fsp3) is 0.619. The van der Waals surface area contributed by atoms with E-state index >= 15 is 0 Å². The molecule has 0 nitrogen and oxygen atoms in total. The third kappa shape index (κ3) is 8.30. The van der Waals surface area contributed by atoms with Gasteiger partial charge in [-0.15, -0.1) is 0 Å². The molecular weight excluding hydrogens is 746 g/mol. The Morgan fingerprint density at radius 1 is 0.551 bits per heavy atom. The summed E-state index contributed by atoms with van der Waals surface area (Å²) >= 11 is -3.02. The molecule has 0 bridgehead atoms. The van der Waals surface area contributed by atoms with Gasteiger partial charge in [-0.05, 0) is 0 Å². The molecule has 2 atom stereocenters.